The number of thiocyanates is 1. The van der Waals surface area contributed by atoms with Crippen LogP contribution < -0.4 is 0 Å². The van der Waals surface area contributed by atoms with E-state index in [9.17, 15) is 0 Å². The molecule has 4 heteroatoms. The lowest BCUT2D eigenvalue weighted by Crippen LogP contribution is -1.94. The van der Waals surface area contributed by atoms with Crippen molar-refractivity contribution < 1.29 is 0 Å². The molecular formula is C12H12N2S2. The molecule has 16 heavy (non-hydrogen) atoms. The first-order chi connectivity index (χ1) is 7.54. The second-order valence-electron chi connectivity index (χ2n) is 3.57. The maximum atomic E-state index is 8.81. The zero-order valence-electron chi connectivity index (χ0n) is 9.71. The SMILES string of the molecule is Cc1c(C)c(C)c(SC#N)c(N=C=S)c1C. The third-order valence-corrected chi connectivity index (χ3v) is 3.79. The quantitative estimate of drug-likeness (QED) is 0.340. The second-order valence-corrected chi connectivity index (χ2v) is 4.55. The molecule has 0 aliphatic rings. The van der Waals surface area contributed by atoms with E-state index in [1.807, 2.05) is 13.8 Å². The van der Waals surface area contributed by atoms with Gasteiger partial charge in [-0.25, -0.2) is 0 Å². The Kier molecular flexibility index (Phi) is 4.26. The number of aliphatic imine (C=N–C) groups is 1. The number of hydrogen-bond donors (Lipinski definition) is 0. The summed E-state index contributed by atoms with van der Waals surface area (Å²) in [6.45, 7) is 8.11. The van der Waals surface area contributed by atoms with Crippen LogP contribution in [0.5, 0.6) is 0 Å². The number of benzene rings is 1. The summed E-state index contributed by atoms with van der Waals surface area (Å²) in [6, 6.07) is 0. The van der Waals surface area contributed by atoms with E-state index < -0.39 is 0 Å². The van der Waals surface area contributed by atoms with Crippen LogP contribution >= 0.6 is 24.0 Å². The molecule has 82 valence electrons. The first kappa shape index (κ1) is 12.9. The van der Waals surface area contributed by atoms with Gasteiger partial charge in [0.05, 0.1) is 15.7 Å². The topological polar surface area (TPSA) is 36.1 Å². The van der Waals surface area contributed by atoms with Crippen LogP contribution in [-0.2, 0) is 0 Å². The van der Waals surface area contributed by atoms with E-state index in [4.69, 9.17) is 5.26 Å². The first-order valence-corrected chi connectivity index (χ1v) is 6.01. The highest BCUT2D eigenvalue weighted by Gasteiger charge is 2.14. The van der Waals surface area contributed by atoms with Crippen molar-refractivity contribution in [1.82, 2.24) is 0 Å². The highest BCUT2D eigenvalue weighted by Crippen LogP contribution is 2.38. The summed E-state index contributed by atoms with van der Waals surface area (Å²) in [5, 5.41) is 13.3. The van der Waals surface area contributed by atoms with E-state index in [0.29, 0.717) is 0 Å². The van der Waals surface area contributed by atoms with Gasteiger partial charge in [0.25, 0.3) is 0 Å². The number of thiocarbonyl (C=S) groups is 1. The van der Waals surface area contributed by atoms with Crippen molar-refractivity contribution >= 4 is 34.8 Å². The van der Waals surface area contributed by atoms with Gasteiger partial charge in [-0.1, -0.05) is 0 Å². The van der Waals surface area contributed by atoms with E-state index in [1.165, 1.54) is 11.1 Å². The van der Waals surface area contributed by atoms with E-state index in [2.05, 4.69) is 41.6 Å². The van der Waals surface area contributed by atoms with Gasteiger partial charge in [0.15, 0.2) is 0 Å². The largest absolute Gasteiger partial charge is 0.193 e. The Morgan fingerprint density at radius 3 is 2.12 bits per heavy atom. The molecule has 0 unspecified atom stereocenters. The van der Waals surface area contributed by atoms with Gasteiger partial charge >= 0.3 is 0 Å². The average Bonchev–Trinajstić information content (AvgIpc) is 2.28. The Labute approximate surface area is 105 Å². The van der Waals surface area contributed by atoms with Gasteiger partial charge in [0.1, 0.15) is 5.40 Å². The standard InChI is InChI=1S/C12H12N2S2/c1-7-8(2)10(4)12(16-5-13)11(9(7)3)14-6-15/h1-4H3. The number of nitriles is 1. The molecule has 0 N–H and O–H groups in total. The highest BCUT2D eigenvalue weighted by molar-refractivity contribution is 8.04. The Hall–Kier alpha value is -1.14. The molecule has 1 aromatic carbocycles. The van der Waals surface area contributed by atoms with Gasteiger partial charge in [-0.05, 0) is 73.9 Å². The minimum atomic E-state index is 0.780. The minimum absolute atomic E-state index is 0.780. The molecule has 0 heterocycles. The van der Waals surface area contributed by atoms with Crippen LogP contribution in [0.2, 0.25) is 0 Å². The number of thioether (sulfide) groups is 1. The van der Waals surface area contributed by atoms with Crippen molar-refractivity contribution in [3.63, 3.8) is 0 Å². The molecule has 0 aliphatic carbocycles. The van der Waals surface area contributed by atoms with Crippen molar-refractivity contribution in [2.75, 3.05) is 0 Å². The maximum Gasteiger partial charge on any atom is 0.138 e. The molecule has 0 saturated heterocycles. The Morgan fingerprint density at radius 1 is 1.06 bits per heavy atom. The molecule has 1 aromatic rings. The summed E-state index contributed by atoms with van der Waals surface area (Å²) in [7, 11) is 0. The molecule has 0 bridgehead atoms. The average molecular weight is 248 g/mol. The van der Waals surface area contributed by atoms with Crippen LogP contribution in [0.15, 0.2) is 9.89 Å². The molecule has 0 spiro atoms. The zero-order chi connectivity index (χ0) is 12.3. The molecule has 0 atom stereocenters. The van der Waals surface area contributed by atoms with E-state index >= 15 is 0 Å². The summed E-state index contributed by atoms with van der Waals surface area (Å²) in [5.41, 5.74) is 5.35. The Bertz CT molecular complexity index is 521. The summed E-state index contributed by atoms with van der Waals surface area (Å²) in [5.74, 6) is 0. The summed E-state index contributed by atoms with van der Waals surface area (Å²) < 4.78 is 0. The van der Waals surface area contributed by atoms with Crippen LogP contribution in [0.3, 0.4) is 0 Å². The van der Waals surface area contributed by atoms with Gasteiger partial charge in [0, 0.05) is 0 Å². The van der Waals surface area contributed by atoms with Gasteiger partial charge in [-0.2, -0.15) is 10.3 Å². The van der Waals surface area contributed by atoms with Gasteiger partial charge < -0.3 is 0 Å². The summed E-state index contributed by atoms with van der Waals surface area (Å²) >= 11 is 5.78. The van der Waals surface area contributed by atoms with Crippen LogP contribution in [0.1, 0.15) is 22.3 Å². The second kappa shape index (κ2) is 5.27. The van der Waals surface area contributed by atoms with Crippen molar-refractivity contribution in [3.05, 3.63) is 22.3 Å². The normalized spacial score (nSPS) is 9.44. The van der Waals surface area contributed by atoms with Crippen molar-refractivity contribution in [2.45, 2.75) is 32.6 Å². The van der Waals surface area contributed by atoms with Gasteiger partial charge in [-0.15, -0.1) is 0 Å². The third-order valence-electron chi connectivity index (χ3n) is 2.90. The smallest absolute Gasteiger partial charge is 0.138 e. The molecule has 0 saturated carbocycles. The van der Waals surface area contributed by atoms with Crippen LogP contribution in [0, 0.1) is 38.4 Å². The molecule has 0 fully saturated rings. The van der Waals surface area contributed by atoms with Crippen molar-refractivity contribution in [2.24, 2.45) is 4.99 Å². The molecular weight excluding hydrogens is 236 g/mol. The lowest BCUT2D eigenvalue weighted by Gasteiger charge is -2.14. The predicted octanol–water partition coefficient (Wildman–Crippen LogP) is 4.23. The van der Waals surface area contributed by atoms with Gasteiger partial charge in [0.2, 0.25) is 0 Å². The Balaban J connectivity index is 3.69. The van der Waals surface area contributed by atoms with Crippen LogP contribution in [0.25, 0.3) is 0 Å². The fraction of sp³-hybridized carbons (Fsp3) is 0.333. The summed E-state index contributed by atoms with van der Waals surface area (Å²) in [6.07, 6.45) is 0. The van der Waals surface area contributed by atoms with Gasteiger partial charge in [-0.3, -0.25) is 0 Å². The van der Waals surface area contributed by atoms with Crippen LogP contribution in [0.4, 0.5) is 5.69 Å². The molecule has 0 aromatic heterocycles. The molecule has 1 rings (SSSR count). The maximum absolute atomic E-state index is 8.81. The zero-order valence-corrected chi connectivity index (χ0v) is 11.3. The molecule has 0 radical (unpaired) electrons. The lowest BCUT2D eigenvalue weighted by atomic mass is 9.98. The fourth-order valence-electron chi connectivity index (χ4n) is 1.61. The lowest BCUT2D eigenvalue weighted by molar-refractivity contribution is 1.14. The molecule has 2 nitrogen and oxygen atoms in total. The number of hydrogen-bond acceptors (Lipinski definition) is 4. The fourth-order valence-corrected chi connectivity index (χ4v) is 2.39. The van der Waals surface area contributed by atoms with E-state index in [0.717, 1.165) is 33.5 Å². The minimum Gasteiger partial charge on any atom is -0.193 e. The summed E-state index contributed by atoms with van der Waals surface area (Å²) in [4.78, 5) is 4.97. The Morgan fingerprint density at radius 2 is 1.62 bits per heavy atom. The number of rotatable bonds is 2. The van der Waals surface area contributed by atoms with Crippen molar-refractivity contribution in [1.29, 1.82) is 5.26 Å². The monoisotopic (exact) mass is 248 g/mol. The molecule has 0 aliphatic heterocycles. The predicted molar refractivity (Wildman–Crippen MR) is 71.5 cm³/mol. The van der Waals surface area contributed by atoms with Crippen LogP contribution in [-0.4, -0.2) is 5.16 Å². The number of isothiocyanates is 1. The van der Waals surface area contributed by atoms with E-state index in [-0.39, 0.29) is 0 Å². The number of nitrogens with zero attached hydrogens (tertiary/aromatic N) is 2. The highest BCUT2D eigenvalue weighted by atomic mass is 32.2. The molecule has 0 amide bonds. The first-order valence-electron chi connectivity index (χ1n) is 4.78. The van der Waals surface area contributed by atoms with E-state index in [1.54, 1.807) is 0 Å². The third kappa shape index (κ3) is 2.17. The van der Waals surface area contributed by atoms with Crippen molar-refractivity contribution in [3.8, 4) is 5.40 Å².